The molecule has 0 unspecified atom stereocenters. The maximum Gasteiger partial charge on any atom is 0.135 e. The molecule has 0 spiro atoms. The Bertz CT molecular complexity index is 3910. The van der Waals surface area contributed by atoms with E-state index in [9.17, 15) is 0 Å². The Morgan fingerprint density at radius 3 is 1.70 bits per heavy atom. The van der Waals surface area contributed by atoms with Crippen LogP contribution in [0, 0.1) is 0 Å². The predicted octanol–water partition coefficient (Wildman–Crippen LogP) is 18.9. The molecule has 0 atom stereocenters. The average Bonchev–Trinajstić information content (AvgIpc) is 3.95. The Morgan fingerprint density at radius 2 is 0.958 bits per heavy atom. The van der Waals surface area contributed by atoms with Gasteiger partial charge in [0.05, 0.1) is 16.8 Å². The van der Waals surface area contributed by atoms with Crippen molar-refractivity contribution < 1.29 is 4.42 Å². The van der Waals surface area contributed by atoms with Crippen molar-refractivity contribution in [2.75, 3.05) is 4.90 Å². The van der Waals surface area contributed by atoms with Gasteiger partial charge in [0.15, 0.2) is 0 Å². The topological polar surface area (TPSA) is 16.4 Å². The van der Waals surface area contributed by atoms with Crippen molar-refractivity contribution in [1.29, 1.82) is 0 Å². The lowest BCUT2D eigenvalue weighted by Crippen LogP contribution is -2.28. The lowest BCUT2D eigenvalue weighted by Gasteiger charge is -2.34. The first-order valence-electron chi connectivity index (χ1n) is 24.7. The molecule has 71 heavy (non-hydrogen) atoms. The van der Waals surface area contributed by atoms with Gasteiger partial charge in [0.1, 0.15) is 11.2 Å². The zero-order valence-corrected chi connectivity index (χ0v) is 40.1. The highest BCUT2D eigenvalue weighted by atomic mass is 16.3. The second-order valence-corrected chi connectivity index (χ2v) is 20.0. The summed E-state index contributed by atoms with van der Waals surface area (Å²) >= 11 is 0. The lowest BCUT2D eigenvalue weighted by atomic mass is 9.68. The van der Waals surface area contributed by atoms with Crippen LogP contribution in [0.5, 0.6) is 0 Å². The first kappa shape index (κ1) is 42.4. The molecule has 0 bridgehead atoms. The van der Waals surface area contributed by atoms with Gasteiger partial charge >= 0.3 is 0 Å². The average molecular weight is 910 g/mol. The number of nitrogens with zero attached hydrogens (tertiary/aromatic N) is 1. The third-order valence-electron chi connectivity index (χ3n) is 14.9. The highest BCUT2D eigenvalue weighted by Gasteiger charge is 2.46. The van der Waals surface area contributed by atoms with Gasteiger partial charge < -0.3 is 9.32 Å². The molecule has 0 fully saturated rings. The SMILES string of the molecule is CC(C)(C)c1ccc(-c2ccc(N(c3ccc4c(c3)-c3ccccc3C4(c3ccccc3)c3ccccc3)c3ccc4ccccc4c3-c3ccc4oc5ccccc5c4c3)c(-c3ccccc3)c2)cc1. The van der Waals surface area contributed by atoms with E-state index in [1.807, 2.05) is 6.07 Å². The van der Waals surface area contributed by atoms with Crippen LogP contribution in [-0.2, 0) is 10.8 Å². The quantitative estimate of drug-likeness (QED) is 0.151. The summed E-state index contributed by atoms with van der Waals surface area (Å²) in [5.41, 5.74) is 20.3. The van der Waals surface area contributed by atoms with Gasteiger partial charge in [0, 0.05) is 27.6 Å². The second-order valence-electron chi connectivity index (χ2n) is 20.0. The van der Waals surface area contributed by atoms with Crippen LogP contribution >= 0.6 is 0 Å². The van der Waals surface area contributed by atoms with Crippen LogP contribution in [0.15, 0.2) is 259 Å². The normalized spacial score (nSPS) is 12.8. The molecule has 0 aliphatic heterocycles. The van der Waals surface area contributed by atoms with Crippen molar-refractivity contribution in [3.05, 3.63) is 283 Å². The molecule has 0 amide bonds. The van der Waals surface area contributed by atoms with E-state index in [-0.39, 0.29) is 5.41 Å². The van der Waals surface area contributed by atoms with Crippen LogP contribution in [0.4, 0.5) is 17.1 Å². The molecule has 1 aromatic heterocycles. The Labute approximate surface area is 415 Å². The lowest BCUT2D eigenvalue weighted by molar-refractivity contribution is 0.590. The zero-order valence-electron chi connectivity index (χ0n) is 40.1. The molecule has 338 valence electrons. The molecule has 0 saturated carbocycles. The van der Waals surface area contributed by atoms with Gasteiger partial charge in [-0.05, 0) is 126 Å². The Balaban J connectivity index is 1.11. The molecule has 1 heterocycles. The van der Waals surface area contributed by atoms with E-state index in [0.717, 1.165) is 61.3 Å². The van der Waals surface area contributed by atoms with Crippen LogP contribution in [0.1, 0.15) is 48.6 Å². The summed E-state index contributed by atoms with van der Waals surface area (Å²) in [6.07, 6.45) is 0. The zero-order chi connectivity index (χ0) is 47.7. The molecular formula is C69H51NO. The molecule has 2 nitrogen and oxygen atoms in total. The molecule has 1 aliphatic rings. The van der Waals surface area contributed by atoms with Crippen LogP contribution in [0.25, 0.3) is 77.2 Å². The Morgan fingerprint density at radius 1 is 0.366 bits per heavy atom. The van der Waals surface area contributed by atoms with E-state index in [2.05, 4.69) is 274 Å². The summed E-state index contributed by atoms with van der Waals surface area (Å²) in [6.45, 7) is 6.82. The molecule has 0 N–H and O–H groups in total. The van der Waals surface area contributed by atoms with Crippen molar-refractivity contribution in [3.8, 4) is 44.5 Å². The van der Waals surface area contributed by atoms with Crippen LogP contribution in [0.2, 0.25) is 0 Å². The molecule has 13 rings (SSSR count). The fourth-order valence-electron chi connectivity index (χ4n) is 11.5. The Hall–Kier alpha value is -8.72. The van der Waals surface area contributed by atoms with Crippen LogP contribution < -0.4 is 4.90 Å². The number of hydrogen-bond acceptors (Lipinski definition) is 2. The van der Waals surface area contributed by atoms with Gasteiger partial charge in [0.2, 0.25) is 0 Å². The minimum absolute atomic E-state index is 0.0587. The van der Waals surface area contributed by atoms with E-state index in [4.69, 9.17) is 4.42 Å². The number of fused-ring (bicyclic) bond motifs is 7. The fraction of sp³-hybridized carbons (Fsp3) is 0.0725. The highest BCUT2D eigenvalue weighted by Crippen LogP contribution is 2.58. The standard InChI is InChI=1S/C69H51NO/c1-68(2,3)51-36-31-46(32-37-51)49-34-40-63(58(43-49)47-19-7-4-8-20-47)70(64-41-33-48-21-13-14-26-55(48)67(64)50-35-42-66-60(44-50)57-28-16-18-30-65(57)71-66)54-38-39-62-59(45-54)56-27-15-17-29-61(56)69(62,52-22-9-5-10-23-52)53-24-11-6-12-25-53/h4-45H,1-3H3. The predicted molar refractivity (Wildman–Crippen MR) is 298 cm³/mol. The largest absolute Gasteiger partial charge is 0.456 e. The van der Waals surface area contributed by atoms with Crippen LogP contribution in [-0.4, -0.2) is 0 Å². The molecule has 12 aromatic rings. The van der Waals surface area contributed by atoms with E-state index in [1.54, 1.807) is 0 Å². The summed E-state index contributed by atoms with van der Waals surface area (Å²) in [5.74, 6) is 0. The summed E-state index contributed by atoms with van der Waals surface area (Å²) < 4.78 is 6.42. The van der Waals surface area contributed by atoms with Crippen molar-refractivity contribution in [3.63, 3.8) is 0 Å². The van der Waals surface area contributed by atoms with Gasteiger partial charge in [-0.25, -0.2) is 0 Å². The molecule has 1 aliphatic carbocycles. The monoisotopic (exact) mass is 909 g/mol. The number of hydrogen-bond donors (Lipinski definition) is 0. The van der Waals surface area contributed by atoms with E-state index in [1.165, 1.54) is 60.8 Å². The minimum atomic E-state index is -0.520. The fourth-order valence-corrected chi connectivity index (χ4v) is 11.5. The second kappa shape index (κ2) is 16.8. The van der Waals surface area contributed by atoms with E-state index < -0.39 is 5.41 Å². The number of rotatable bonds is 8. The molecule has 0 radical (unpaired) electrons. The van der Waals surface area contributed by atoms with Crippen molar-refractivity contribution in [2.24, 2.45) is 0 Å². The van der Waals surface area contributed by atoms with Gasteiger partial charge in [-0.1, -0.05) is 227 Å². The third-order valence-corrected chi connectivity index (χ3v) is 14.9. The van der Waals surface area contributed by atoms with E-state index in [0.29, 0.717) is 0 Å². The first-order chi connectivity index (χ1) is 34.8. The van der Waals surface area contributed by atoms with E-state index >= 15 is 0 Å². The molecule has 0 saturated heterocycles. The number of furan rings is 1. The van der Waals surface area contributed by atoms with Crippen molar-refractivity contribution in [2.45, 2.75) is 31.6 Å². The number of anilines is 3. The third kappa shape index (κ3) is 6.93. The maximum atomic E-state index is 6.42. The van der Waals surface area contributed by atoms with Gasteiger partial charge in [-0.2, -0.15) is 0 Å². The van der Waals surface area contributed by atoms with Crippen molar-refractivity contribution >= 4 is 49.8 Å². The maximum absolute atomic E-state index is 6.42. The number of para-hydroxylation sites is 1. The highest BCUT2D eigenvalue weighted by molar-refractivity contribution is 6.11. The smallest absolute Gasteiger partial charge is 0.135 e. The molecule has 2 heteroatoms. The molecule has 11 aromatic carbocycles. The summed E-state index contributed by atoms with van der Waals surface area (Å²) in [7, 11) is 0. The summed E-state index contributed by atoms with van der Waals surface area (Å²) in [5, 5.41) is 4.57. The Kier molecular flexibility index (Phi) is 10.0. The first-order valence-corrected chi connectivity index (χ1v) is 24.7. The molecular weight excluding hydrogens is 859 g/mol. The van der Waals surface area contributed by atoms with Gasteiger partial charge in [-0.15, -0.1) is 0 Å². The van der Waals surface area contributed by atoms with Crippen molar-refractivity contribution in [1.82, 2.24) is 0 Å². The van der Waals surface area contributed by atoms with Gasteiger partial charge in [-0.3, -0.25) is 0 Å². The minimum Gasteiger partial charge on any atom is -0.456 e. The summed E-state index contributed by atoms with van der Waals surface area (Å²) in [6, 6.07) is 94.0. The summed E-state index contributed by atoms with van der Waals surface area (Å²) in [4.78, 5) is 2.53. The van der Waals surface area contributed by atoms with Gasteiger partial charge in [0.25, 0.3) is 0 Å². The van der Waals surface area contributed by atoms with Crippen LogP contribution in [0.3, 0.4) is 0 Å². The number of benzene rings is 11.